The zero-order valence-corrected chi connectivity index (χ0v) is 9.46. The fourth-order valence-corrected chi connectivity index (χ4v) is 1.75. The normalized spacial score (nSPS) is 15.1. The zero-order chi connectivity index (χ0) is 11.1. The van der Waals surface area contributed by atoms with Gasteiger partial charge in [0, 0.05) is 11.0 Å². The molecular weight excluding hydrogens is 188 g/mol. The van der Waals surface area contributed by atoms with Crippen LogP contribution in [-0.2, 0) is 18.0 Å². The molecule has 0 radical (unpaired) electrons. The quantitative estimate of drug-likeness (QED) is 0.657. The molecule has 2 rings (SSSR count). The van der Waals surface area contributed by atoms with E-state index in [0.29, 0.717) is 13.2 Å². The largest absolute Gasteiger partial charge is 0.372 e. The Morgan fingerprint density at radius 3 is 2.53 bits per heavy atom. The number of benzene rings is 1. The van der Waals surface area contributed by atoms with E-state index < -0.39 is 0 Å². The molecule has 0 aromatic heterocycles. The monoisotopic (exact) mass is 204 g/mol. The first kappa shape index (κ1) is 10.4. The molecular formula is C13H16O2. The maximum absolute atomic E-state index is 12.0. The van der Waals surface area contributed by atoms with E-state index in [-0.39, 0.29) is 11.2 Å². The van der Waals surface area contributed by atoms with Crippen molar-refractivity contribution in [2.45, 2.75) is 34.0 Å². The van der Waals surface area contributed by atoms with E-state index >= 15 is 0 Å². The number of ketones is 1. The molecule has 0 aliphatic carbocycles. The molecule has 80 valence electrons. The van der Waals surface area contributed by atoms with Crippen LogP contribution in [0.5, 0.6) is 0 Å². The molecule has 0 saturated heterocycles. The highest BCUT2D eigenvalue weighted by Gasteiger charge is 2.24. The molecule has 2 heteroatoms. The molecule has 0 saturated carbocycles. The van der Waals surface area contributed by atoms with Crippen molar-refractivity contribution in [2.24, 2.45) is 5.41 Å². The molecule has 0 spiro atoms. The van der Waals surface area contributed by atoms with Crippen molar-refractivity contribution in [1.82, 2.24) is 0 Å². The van der Waals surface area contributed by atoms with Crippen LogP contribution in [0.1, 0.15) is 42.3 Å². The topological polar surface area (TPSA) is 26.3 Å². The molecule has 15 heavy (non-hydrogen) atoms. The van der Waals surface area contributed by atoms with E-state index in [4.69, 9.17) is 4.74 Å². The second-order valence-corrected chi connectivity index (χ2v) is 5.06. The average molecular weight is 204 g/mol. The molecule has 1 aliphatic heterocycles. The summed E-state index contributed by atoms with van der Waals surface area (Å²) >= 11 is 0. The fraction of sp³-hybridized carbons (Fsp3) is 0.462. The highest BCUT2D eigenvalue weighted by atomic mass is 16.5. The van der Waals surface area contributed by atoms with E-state index in [1.54, 1.807) is 0 Å². The Balaban J connectivity index is 2.35. The summed E-state index contributed by atoms with van der Waals surface area (Å²) in [5.41, 5.74) is 2.85. The first-order valence-electron chi connectivity index (χ1n) is 5.23. The minimum atomic E-state index is -0.312. The number of ether oxygens (including phenoxy) is 1. The molecule has 2 nitrogen and oxygen atoms in total. The van der Waals surface area contributed by atoms with Gasteiger partial charge in [-0.15, -0.1) is 0 Å². The van der Waals surface area contributed by atoms with Crippen molar-refractivity contribution in [2.75, 3.05) is 0 Å². The van der Waals surface area contributed by atoms with E-state index in [9.17, 15) is 4.79 Å². The van der Waals surface area contributed by atoms with Crippen LogP contribution in [-0.4, -0.2) is 5.78 Å². The highest BCUT2D eigenvalue weighted by Crippen LogP contribution is 2.25. The Morgan fingerprint density at radius 1 is 1.20 bits per heavy atom. The molecule has 0 bridgehead atoms. The first-order valence-corrected chi connectivity index (χ1v) is 5.23. The Kier molecular flexibility index (Phi) is 2.39. The maximum atomic E-state index is 12.0. The summed E-state index contributed by atoms with van der Waals surface area (Å²) < 4.78 is 5.32. The van der Waals surface area contributed by atoms with Crippen molar-refractivity contribution in [1.29, 1.82) is 0 Å². The van der Waals surface area contributed by atoms with Gasteiger partial charge < -0.3 is 4.74 Å². The lowest BCUT2D eigenvalue weighted by atomic mass is 9.86. The predicted octanol–water partition coefficient (Wildman–Crippen LogP) is 2.95. The summed E-state index contributed by atoms with van der Waals surface area (Å²) in [5.74, 6) is 0.192. The highest BCUT2D eigenvalue weighted by molar-refractivity contribution is 6.00. The molecule has 0 fully saturated rings. The maximum Gasteiger partial charge on any atom is 0.168 e. The third kappa shape index (κ3) is 1.95. The van der Waals surface area contributed by atoms with Gasteiger partial charge in [0.15, 0.2) is 5.78 Å². The van der Waals surface area contributed by atoms with E-state index in [1.165, 1.54) is 5.56 Å². The minimum Gasteiger partial charge on any atom is -0.372 e. The molecule has 0 N–H and O–H groups in total. The second kappa shape index (κ2) is 3.46. The van der Waals surface area contributed by atoms with Crippen LogP contribution in [0.3, 0.4) is 0 Å². The number of rotatable bonds is 1. The van der Waals surface area contributed by atoms with Gasteiger partial charge >= 0.3 is 0 Å². The van der Waals surface area contributed by atoms with Crippen LogP contribution >= 0.6 is 0 Å². The predicted molar refractivity (Wildman–Crippen MR) is 58.7 cm³/mol. The fourth-order valence-electron chi connectivity index (χ4n) is 1.75. The molecule has 0 atom stereocenters. The Bertz CT molecular complexity index is 399. The Hall–Kier alpha value is -1.15. The summed E-state index contributed by atoms with van der Waals surface area (Å²) in [7, 11) is 0. The van der Waals surface area contributed by atoms with Crippen molar-refractivity contribution >= 4 is 5.78 Å². The van der Waals surface area contributed by atoms with E-state index in [1.807, 2.05) is 39.0 Å². The van der Waals surface area contributed by atoms with Gasteiger partial charge in [-0.25, -0.2) is 0 Å². The van der Waals surface area contributed by atoms with Gasteiger partial charge in [0.25, 0.3) is 0 Å². The standard InChI is InChI=1S/C13H16O2/c1-13(2,3)12(14)9-4-5-10-7-15-8-11(10)6-9/h4-6H,7-8H2,1-3H3. The van der Waals surface area contributed by atoms with Gasteiger partial charge in [-0.05, 0) is 17.2 Å². The number of carbonyl (C=O) groups is 1. The van der Waals surface area contributed by atoms with Crippen molar-refractivity contribution in [3.8, 4) is 0 Å². The van der Waals surface area contributed by atoms with Crippen LogP contribution in [0.25, 0.3) is 0 Å². The lowest BCUT2D eigenvalue weighted by Crippen LogP contribution is -2.20. The lowest BCUT2D eigenvalue weighted by Gasteiger charge is -2.16. The summed E-state index contributed by atoms with van der Waals surface area (Å²) in [6.45, 7) is 7.15. The molecule has 1 aromatic carbocycles. The summed E-state index contributed by atoms with van der Waals surface area (Å²) in [6.07, 6.45) is 0. The smallest absolute Gasteiger partial charge is 0.168 e. The number of carbonyl (C=O) groups excluding carboxylic acids is 1. The molecule has 0 unspecified atom stereocenters. The minimum absolute atomic E-state index is 0.192. The van der Waals surface area contributed by atoms with E-state index in [0.717, 1.165) is 11.1 Å². The SMILES string of the molecule is CC(C)(C)C(=O)c1ccc2c(c1)COC2. The van der Waals surface area contributed by atoms with Gasteiger partial charge in [0.2, 0.25) is 0 Å². The van der Waals surface area contributed by atoms with Crippen LogP contribution < -0.4 is 0 Å². The molecule has 1 heterocycles. The van der Waals surface area contributed by atoms with Crippen LogP contribution in [0, 0.1) is 5.41 Å². The van der Waals surface area contributed by atoms with E-state index in [2.05, 4.69) is 0 Å². The summed E-state index contributed by atoms with van der Waals surface area (Å²) in [4.78, 5) is 12.0. The van der Waals surface area contributed by atoms with Crippen LogP contribution in [0.4, 0.5) is 0 Å². The molecule has 0 amide bonds. The average Bonchev–Trinajstić information content (AvgIpc) is 2.61. The third-order valence-electron chi connectivity index (χ3n) is 2.66. The van der Waals surface area contributed by atoms with Crippen molar-refractivity contribution in [3.05, 3.63) is 34.9 Å². The summed E-state index contributed by atoms with van der Waals surface area (Å²) in [5, 5.41) is 0. The third-order valence-corrected chi connectivity index (χ3v) is 2.66. The van der Waals surface area contributed by atoms with Crippen LogP contribution in [0.15, 0.2) is 18.2 Å². The number of fused-ring (bicyclic) bond motifs is 1. The zero-order valence-electron chi connectivity index (χ0n) is 9.46. The van der Waals surface area contributed by atoms with Gasteiger partial charge in [-0.3, -0.25) is 4.79 Å². The second-order valence-electron chi connectivity index (χ2n) is 5.06. The summed E-state index contributed by atoms with van der Waals surface area (Å²) in [6, 6.07) is 5.87. The van der Waals surface area contributed by atoms with Crippen LogP contribution in [0.2, 0.25) is 0 Å². The first-order chi connectivity index (χ1) is 6.98. The Labute approximate surface area is 90.3 Å². The number of Topliss-reactive ketones (excluding diaryl/α,β-unsaturated/α-hetero) is 1. The number of hydrogen-bond donors (Lipinski definition) is 0. The van der Waals surface area contributed by atoms with Crippen molar-refractivity contribution in [3.63, 3.8) is 0 Å². The van der Waals surface area contributed by atoms with Gasteiger partial charge in [-0.2, -0.15) is 0 Å². The Morgan fingerprint density at radius 2 is 1.87 bits per heavy atom. The van der Waals surface area contributed by atoms with Gasteiger partial charge in [-0.1, -0.05) is 32.9 Å². The molecule has 1 aromatic rings. The lowest BCUT2D eigenvalue weighted by molar-refractivity contribution is 0.0858. The number of hydrogen-bond acceptors (Lipinski definition) is 2. The van der Waals surface area contributed by atoms with Gasteiger partial charge in [0.1, 0.15) is 0 Å². The molecule has 1 aliphatic rings. The van der Waals surface area contributed by atoms with Crippen molar-refractivity contribution < 1.29 is 9.53 Å². The van der Waals surface area contributed by atoms with Gasteiger partial charge in [0.05, 0.1) is 13.2 Å².